The SMILES string of the molecule is CN(Cc1ccc(OC(F)F)cc1)C(=O)CSc1nnc(-c2ccccc2Br)n1N. The lowest BCUT2D eigenvalue weighted by atomic mass is 10.2. The zero-order valence-corrected chi connectivity index (χ0v) is 18.2. The van der Waals surface area contributed by atoms with Crippen LogP contribution in [-0.4, -0.2) is 45.1 Å². The zero-order chi connectivity index (χ0) is 21.7. The number of aromatic nitrogens is 3. The third-order valence-electron chi connectivity index (χ3n) is 4.10. The lowest BCUT2D eigenvalue weighted by molar-refractivity contribution is -0.127. The van der Waals surface area contributed by atoms with Gasteiger partial charge in [-0.2, -0.15) is 8.78 Å². The normalized spacial score (nSPS) is 11.0. The average molecular weight is 498 g/mol. The molecule has 0 unspecified atom stereocenters. The maximum Gasteiger partial charge on any atom is 0.387 e. The Morgan fingerprint density at radius 1 is 1.23 bits per heavy atom. The molecule has 0 saturated heterocycles. The van der Waals surface area contributed by atoms with Gasteiger partial charge in [0.15, 0.2) is 5.82 Å². The van der Waals surface area contributed by atoms with E-state index in [9.17, 15) is 13.6 Å². The lowest BCUT2D eigenvalue weighted by Gasteiger charge is -2.17. The Morgan fingerprint density at radius 2 is 1.93 bits per heavy atom. The number of nitrogen functional groups attached to an aromatic ring is 1. The van der Waals surface area contributed by atoms with Gasteiger partial charge >= 0.3 is 6.61 Å². The van der Waals surface area contributed by atoms with Crippen molar-refractivity contribution >= 4 is 33.6 Å². The van der Waals surface area contributed by atoms with Crippen LogP contribution >= 0.6 is 27.7 Å². The van der Waals surface area contributed by atoms with Gasteiger partial charge in [0, 0.05) is 23.6 Å². The quantitative estimate of drug-likeness (QED) is 0.376. The molecule has 0 aliphatic rings. The first-order valence-corrected chi connectivity index (χ1v) is 10.5. The van der Waals surface area contributed by atoms with Crippen molar-refractivity contribution in [3.8, 4) is 17.1 Å². The molecule has 1 aromatic heterocycles. The van der Waals surface area contributed by atoms with Crippen LogP contribution in [0.2, 0.25) is 0 Å². The number of carbonyl (C=O) groups is 1. The van der Waals surface area contributed by atoms with Gasteiger partial charge < -0.3 is 15.5 Å². The smallest absolute Gasteiger partial charge is 0.387 e. The third-order valence-corrected chi connectivity index (χ3v) is 5.72. The summed E-state index contributed by atoms with van der Waals surface area (Å²) in [6.07, 6.45) is 0. The lowest BCUT2D eigenvalue weighted by Crippen LogP contribution is -2.28. The van der Waals surface area contributed by atoms with Gasteiger partial charge in [-0.3, -0.25) is 4.79 Å². The van der Waals surface area contributed by atoms with Crippen LogP contribution in [0.5, 0.6) is 5.75 Å². The Hall–Kier alpha value is -2.66. The van der Waals surface area contributed by atoms with Gasteiger partial charge in [0.05, 0.1) is 5.75 Å². The van der Waals surface area contributed by atoms with E-state index in [1.165, 1.54) is 33.5 Å². The second kappa shape index (κ2) is 9.90. The number of nitrogens with zero attached hydrogens (tertiary/aromatic N) is 4. The van der Waals surface area contributed by atoms with Gasteiger partial charge in [-0.15, -0.1) is 10.2 Å². The molecule has 0 saturated carbocycles. The van der Waals surface area contributed by atoms with E-state index in [0.717, 1.165) is 15.6 Å². The highest BCUT2D eigenvalue weighted by Gasteiger charge is 2.17. The predicted molar refractivity (Wildman–Crippen MR) is 114 cm³/mol. The topological polar surface area (TPSA) is 86.3 Å². The van der Waals surface area contributed by atoms with Gasteiger partial charge in [0.25, 0.3) is 0 Å². The van der Waals surface area contributed by atoms with Crippen molar-refractivity contribution in [3.63, 3.8) is 0 Å². The van der Waals surface area contributed by atoms with Crippen LogP contribution in [0.4, 0.5) is 8.78 Å². The van der Waals surface area contributed by atoms with Crippen molar-refractivity contribution in [2.75, 3.05) is 18.6 Å². The Kier molecular flexibility index (Phi) is 7.27. The average Bonchev–Trinajstić information content (AvgIpc) is 3.08. The molecule has 11 heteroatoms. The Balaban J connectivity index is 1.57. The zero-order valence-electron chi connectivity index (χ0n) is 15.8. The summed E-state index contributed by atoms with van der Waals surface area (Å²) in [5.41, 5.74) is 1.58. The molecular weight excluding hydrogens is 480 g/mol. The number of nitrogens with two attached hydrogens (primary N) is 1. The summed E-state index contributed by atoms with van der Waals surface area (Å²) >= 11 is 4.64. The molecule has 0 spiro atoms. The number of ether oxygens (including phenoxy) is 1. The molecule has 3 aromatic rings. The highest BCUT2D eigenvalue weighted by Crippen LogP contribution is 2.28. The fourth-order valence-electron chi connectivity index (χ4n) is 2.58. The molecule has 3 rings (SSSR count). The highest BCUT2D eigenvalue weighted by atomic mass is 79.9. The summed E-state index contributed by atoms with van der Waals surface area (Å²) in [5, 5.41) is 8.59. The van der Waals surface area contributed by atoms with Gasteiger partial charge in [0.2, 0.25) is 11.1 Å². The molecule has 0 bridgehead atoms. The first-order chi connectivity index (χ1) is 14.3. The molecule has 0 atom stereocenters. The fourth-order valence-corrected chi connectivity index (χ4v) is 3.84. The number of halogens is 3. The molecule has 1 amide bonds. The van der Waals surface area contributed by atoms with Crippen molar-refractivity contribution in [2.24, 2.45) is 0 Å². The molecule has 2 N–H and O–H groups in total. The summed E-state index contributed by atoms with van der Waals surface area (Å²) in [5.74, 6) is 6.63. The second-order valence-electron chi connectivity index (χ2n) is 6.22. The van der Waals surface area contributed by atoms with Crippen LogP contribution in [0.3, 0.4) is 0 Å². The van der Waals surface area contributed by atoms with Crippen LogP contribution in [0.25, 0.3) is 11.4 Å². The van der Waals surface area contributed by atoms with E-state index in [0.29, 0.717) is 17.5 Å². The molecule has 0 aliphatic carbocycles. The predicted octanol–water partition coefficient (Wildman–Crippen LogP) is 3.77. The number of carbonyl (C=O) groups excluding carboxylic acids is 1. The first kappa shape index (κ1) is 22.0. The summed E-state index contributed by atoms with van der Waals surface area (Å²) in [6, 6.07) is 13.6. The maximum absolute atomic E-state index is 12.5. The molecule has 0 fully saturated rings. The molecule has 2 aromatic carbocycles. The minimum Gasteiger partial charge on any atom is -0.435 e. The second-order valence-corrected chi connectivity index (χ2v) is 8.01. The monoisotopic (exact) mass is 497 g/mol. The Labute approximate surface area is 184 Å². The largest absolute Gasteiger partial charge is 0.435 e. The number of hydrogen-bond donors (Lipinski definition) is 1. The molecule has 0 aliphatic heterocycles. The van der Waals surface area contributed by atoms with Crippen LogP contribution in [0, 0.1) is 0 Å². The van der Waals surface area contributed by atoms with E-state index >= 15 is 0 Å². The number of alkyl halides is 2. The van der Waals surface area contributed by atoms with Gasteiger partial charge in [0.1, 0.15) is 5.75 Å². The van der Waals surface area contributed by atoms with E-state index in [1.807, 2.05) is 24.3 Å². The van der Waals surface area contributed by atoms with E-state index in [-0.39, 0.29) is 17.4 Å². The van der Waals surface area contributed by atoms with Crippen molar-refractivity contribution < 1.29 is 18.3 Å². The fraction of sp³-hybridized carbons (Fsp3) is 0.211. The summed E-state index contributed by atoms with van der Waals surface area (Å²) < 4.78 is 30.9. The van der Waals surface area contributed by atoms with E-state index < -0.39 is 6.61 Å². The number of thioether (sulfide) groups is 1. The summed E-state index contributed by atoms with van der Waals surface area (Å²) in [7, 11) is 1.66. The summed E-state index contributed by atoms with van der Waals surface area (Å²) in [6.45, 7) is -2.54. The third kappa shape index (κ3) is 5.48. The first-order valence-electron chi connectivity index (χ1n) is 8.71. The molecule has 0 radical (unpaired) electrons. The maximum atomic E-state index is 12.5. The van der Waals surface area contributed by atoms with Gasteiger partial charge in [-0.25, -0.2) is 4.68 Å². The minimum absolute atomic E-state index is 0.0708. The minimum atomic E-state index is -2.87. The molecule has 30 heavy (non-hydrogen) atoms. The van der Waals surface area contributed by atoms with E-state index in [4.69, 9.17) is 5.84 Å². The van der Waals surface area contributed by atoms with E-state index in [1.54, 1.807) is 19.2 Å². The molecule has 7 nitrogen and oxygen atoms in total. The Morgan fingerprint density at radius 3 is 2.60 bits per heavy atom. The molecule has 158 valence electrons. The number of benzene rings is 2. The molecular formula is C19H18BrF2N5O2S. The standard InChI is InChI=1S/C19H18BrF2N5O2S/c1-26(10-12-6-8-13(9-7-12)29-18(21)22)16(28)11-30-19-25-24-17(27(19)23)14-4-2-3-5-15(14)20/h2-9,18H,10-11,23H2,1H3. The van der Waals surface area contributed by atoms with Crippen LogP contribution in [0.1, 0.15) is 5.56 Å². The number of amides is 1. The van der Waals surface area contributed by atoms with Crippen molar-refractivity contribution in [2.45, 2.75) is 18.3 Å². The van der Waals surface area contributed by atoms with Gasteiger partial charge in [-0.05, 0) is 29.8 Å². The van der Waals surface area contributed by atoms with Crippen molar-refractivity contribution in [3.05, 3.63) is 58.6 Å². The van der Waals surface area contributed by atoms with Gasteiger partial charge in [-0.1, -0.05) is 52.0 Å². The van der Waals surface area contributed by atoms with Crippen LogP contribution in [-0.2, 0) is 11.3 Å². The molecule has 1 heterocycles. The number of rotatable bonds is 8. The van der Waals surface area contributed by atoms with Crippen molar-refractivity contribution in [1.29, 1.82) is 0 Å². The summed E-state index contributed by atoms with van der Waals surface area (Å²) in [4.78, 5) is 14.0. The van der Waals surface area contributed by atoms with E-state index in [2.05, 4.69) is 30.9 Å². The van der Waals surface area contributed by atoms with Crippen LogP contribution < -0.4 is 10.6 Å². The Bertz CT molecular complexity index is 1020. The highest BCUT2D eigenvalue weighted by molar-refractivity contribution is 9.10. The van der Waals surface area contributed by atoms with Crippen molar-refractivity contribution in [1.82, 2.24) is 19.8 Å². The van der Waals surface area contributed by atoms with Crippen LogP contribution in [0.15, 0.2) is 58.2 Å². The number of hydrogen-bond acceptors (Lipinski definition) is 6.